The molecule has 1 aromatic rings. The van der Waals surface area contributed by atoms with Crippen molar-refractivity contribution < 1.29 is 23.9 Å². The van der Waals surface area contributed by atoms with E-state index in [0.717, 1.165) is 29.5 Å². The Morgan fingerprint density at radius 3 is 2.66 bits per heavy atom. The summed E-state index contributed by atoms with van der Waals surface area (Å²) in [5, 5.41) is -0.430. The van der Waals surface area contributed by atoms with E-state index in [2.05, 4.69) is 6.92 Å². The molecule has 3 amide bonds. The van der Waals surface area contributed by atoms with Gasteiger partial charge >= 0.3 is 0 Å². The van der Waals surface area contributed by atoms with Crippen molar-refractivity contribution in [2.45, 2.75) is 26.7 Å². The lowest BCUT2D eigenvalue weighted by atomic mass is 9.99. The first kappa shape index (κ1) is 21.2. The largest absolute Gasteiger partial charge is 0.493 e. The Balaban J connectivity index is 1.76. The molecule has 2 aliphatic rings. The number of para-hydroxylation sites is 1. The van der Waals surface area contributed by atoms with E-state index in [-0.39, 0.29) is 17.4 Å². The van der Waals surface area contributed by atoms with Gasteiger partial charge in [-0.15, -0.1) is 0 Å². The summed E-state index contributed by atoms with van der Waals surface area (Å²) in [5.41, 5.74) is 0.646. The van der Waals surface area contributed by atoms with Gasteiger partial charge in [0, 0.05) is 18.7 Å². The minimum absolute atomic E-state index is 0.183. The number of hydrogen-bond acceptors (Lipinski definition) is 6. The molecule has 0 aromatic heterocycles. The van der Waals surface area contributed by atoms with Crippen molar-refractivity contribution in [2.24, 2.45) is 5.92 Å². The summed E-state index contributed by atoms with van der Waals surface area (Å²) in [6.07, 6.45) is 3.51. The monoisotopic (exact) mass is 418 g/mol. The van der Waals surface area contributed by atoms with E-state index >= 15 is 0 Å². The lowest BCUT2D eigenvalue weighted by molar-refractivity contribution is -0.136. The maximum absolute atomic E-state index is 12.8. The molecule has 0 unspecified atom stereocenters. The highest BCUT2D eigenvalue weighted by Crippen LogP contribution is 2.37. The maximum Gasteiger partial charge on any atom is 0.294 e. The molecule has 0 N–H and O–H groups in total. The molecular weight excluding hydrogens is 392 g/mol. The van der Waals surface area contributed by atoms with Crippen LogP contribution in [0.25, 0.3) is 6.08 Å². The van der Waals surface area contributed by atoms with Crippen molar-refractivity contribution >= 4 is 34.9 Å². The van der Waals surface area contributed by atoms with E-state index in [1.807, 2.05) is 6.92 Å². The highest BCUT2D eigenvalue weighted by molar-refractivity contribution is 8.18. The number of imide groups is 1. The molecule has 3 rings (SSSR count). The van der Waals surface area contributed by atoms with Gasteiger partial charge in [-0.1, -0.05) is 19.1 Å². The molecule has 2 fully saturated rings. The third-order valence-electron chi connectivity index (χ3n) is 5.11. The Kier molecular flexibility index (Phi) is 6.84. The second-order valence-corrected chi connectivity index (χ2v) is 8.14. The Hall–Kier alpha value is -2.48. The molecule has 2 heterocycles. The summed E-state index contributed by atoms with van der Waals surface area (Å²) >= 11 is 0.837. The quantitative estimate of drug-likeness (QED) is 0.659. The number of methoxy groups -OCH3 is 1. The van der Waals surface area contributed by atoms with Gasteiger partial charge in [-0.2, -0.15) is 0 Å². The van der Waals surface area contributed by atoms with Gasteiger partial charge in [0.05, 0.1) is 18.6 Å². The summed E-state index contributed by atoms with van der Waals surface area (Å²) < 4.78 is 11.0. The number of benzene rings is 1. The average Bonchev–Trinajstić information content (AvgIpc) is 2.97. The van der Waals surface area contributed by atoms with E-state index in [0.29, 0.717) is 42.7 Å². The lowest BCUT2D eigenvalue weighted by Crippen LogP contribution is -2.45. The van der Waals surface area contributed by atoms with Crippen LogP contribution in [0.3, 0.4) is 0 Å². The zero-order chi connectivity index (χ0) is 21.0. The zero-order valence-electron chi connectivity index (χ0n) is 17.0. The Morgan fingerprint density at radius 1 is 1.28 bits per heavy atom. The van der Waals surface area contributed by atoms with Gasteiger partial charge in [0.1, 0.15) is 6.54 Å². The van der Waals surface area contributed by atoms with Gasteiger partial charge in [0.25, 0.3) is 11.1 Å². The number of thioether (sulfide) groups is 1. The summed E-state index contributed by atoms with van der Waals surface area (Å²) in [6.45, 7) is 5.59. The number of carbonyl (C=O) groups excluding carboxylic acids is 3. The van der Waals surface area contributed by atoms with E-state index in [9.17, 15) is 14.4 Å². The first-order valence-corrected chi connectivity index (χ1v) is 10.6. The van der Waals surface area contributed by atoms with E-state index in [1.165, 1.54) is 0 Å². The molecule has 0 radical (unpaired) electrons. The third-order valence-corrected chi connectivity index (χ3v) is 6.02. The van der Waals surface area contributed by atoms with Crippen molar-refractivity contribution in [3.8, 4) is 11.5 Å². The molecule has 8 heteroatoms. The first-order valence-electron chi connectivity index (χ1n) is 9.77. The van der Waals surface area contributed by atoms with Crippen LogP contribution in [0.4, 0.5) is 4.79 Å². The fourth-order valence-electron chi connectivity index (χ4n) is 3.38. The van der Waals surface area contributed by atoms with Crippen molar-refractivity contribution in [1.82, 2.24) is 9.80 Å². The van der Waals surface area contributed by atoms with Crippen molar-refractivity contribution in [2.75, 3.05) is 33.4 Å². The number of likely N-dealkylation sites (tertiary alicyclic amines) is 1. The smallest absolute Gasteiger partial charge is 0.294 e. The van der Waals surface area contributed by atoms with Crippen LogP contribution >= 0.6 is 11.8 Å². The van der Waals surface area contributed by atoms with Crippen molar-refractivity contribution in [3.63, 3.8) is 0 Å². The summed E-state index contributed by atoms with van der Waals surface area (Å²) in [4.78, 5) is 40.8. The highest BCUT2D eigenvalue weighted by Gasteiger charge is 2.37. The molecule has 0 atom stereocenters. The summed E-state index contributed by atoms with van der Waals surface area (Å²) in [6, 6.07) is 5.35. The second-order valence-electron chi connectivity index (χ2n) is 7.14. The van der Waals surface area contributed by atoms with E-state index < -0.39 is 11.1 Å². The van der Waals surface area contributed by atoms with E-state index in [4.69, 9.17) is 9.47 Å². The molecule has 7 nitrogen and oxygen atoms in total. The molecule has 156 valence electrons. The molecule has 2 saturated heterocycles. The van der Waals surface area contributed by atoms with Crippen LogP contribution in [-0.4, -0.2) is 60.2 Å². The van der Waals surface area contributed by atoms with Crippen LogP contribution in [0, 0.1) is 5.92 Å². The van der Waals surface area contributed by atoms with Crippen LogP contribution in [-0.2, 0) is 9.59 Å². The number of piperidine rings is 1. The minimum atomic E-state index is -0.455. The van der Waals surface area contributed by atoms with Crippen LogP contribution in [0.1, 0.15) is 32.3 Å². The SMILES string of the molecule is CCOc1c(/C=C2/SC(=O)N(CC(=O)N3CCC(C)CC3)C2=O)cccc1OC. The molecule has 0 spiro atoms. The van der Waals surface area contributed by atoms with Crippen LogP contribution in [0.15, 0.2) is 23.1 Å². The predicted octanol–water partition coefficient (Wildman–Crippen LogP) is 3.39. The maximum atomic E-state index is 12.8. The first-order chi connectivity index (χ1) is 13.9. The Morgan fingerprint density at radius 2 is 2.00 bits per heavy atom. The lowest BCUT2D eigenvalue weighted by Gasteiger charge is -2.31. The van der Waals surface area contributed by atoms with Crippen LogP contribution in [0.5, 0.6) is 11.5 Å². The molecule has 0 saturated carbocycles. The van der Waals surface area contributed by atoms with Crippen LogP contribution in [0.2, 0.25) is 0 Å². The van der Waals surface area contributed by atoms with Crippen molar-refractivity contribution in [3.05, 3.63) is 28.7 Å². The average molecular weight is 419 g/mol. The van der Waals surface area contributed by atoms with Gasteiger partial charge < -0.3 is 14.4 Å². The van der Waals surface area contributed by atoms with Gasteiger partial charge in [-0.25, -0.2) is 0 Å². The number of ether oxygens (including phenoxy) is 2. The predicted molar refractivity (Wildman–Crippen MR) is 112 cm³/mol. The minimum Gasteiger partial charge on any atom is -0.493 e. The fraction of sp³-hybridized carbons (Fsp3) is 0.476. The molecule has 0 aliphatic carbocycles. The number of nitrogens with zero attached hydrogens (tertiary/aromatic N) is 2. The topological polar surface area (TPSA) is 76.2 Å². The number of amides is 3. The van der Waals surface area contributed by atoms with E-state index in [1.54, 1.807) is 36.3 Å². The molecule has 29 heavy (non-hydrogen) atoms. The zero-order valence-corrected chi connectivity index (χ0v) is 17.8. The highest BCUT2D eigenvalue weighted by atomic mass is 32.2. The summed E-state index contributed by atoms with van der Waals surface area (Å²) in [7, 11) is 1.54. The number of hydrogen-bond donors (Lipinski definition) is 0. The van der Waals surface area contributed by atoms with Crippen LogP contribution < -0.4 is 9.47 Å². The Labute approximate surface area is 175 Å². The molecular formula is C21H26N2O5S. The fourth-order valence-corrected chi connectivity index (χ4v) is 4.21. The molecule has 1 aromatic carbocycles. The standard InChI is InChI=1S/C21H26N2O5S/c1-4-28-19-15(6-5-7-16(19)27-3)12-17-20(25)23(21(26)29-17)13-18(24)22-10-8-14(2)9-11-22/h5-7,12,14H,4,8-11,13H2,1-3H3/b17-12+. The molecule has 0 bridgehead atoms. The Bertz CT molecular complexity index is 830. The molecule has 2 aliphatic heterocycles. The van der Waals surface area contributed by atoms with Gasteiger partial charge in [0.15, 0.2) is 11.5 Å². The number of rotatable bonds is 6. The third kappa shape index (κ3) is 4.75. The normalized spacial score (nSPS) is 19.2. The summed E-state index contributed by atoms with van der Waals surface area (Å²) in [5.74, 6) is 1.03. The van der Waals surface area contributed by atoms with Gasteiger partial charge in [0.2, 0.25) is 5.91 Å². The van der Waals surface area contributed by atoms with Crippen molar-refractivity contribution in [1.29, 1.82) is 0 Å². The van der Waals surface area contributed by atoms with Gasteiger partial charge in [-0.3, -0.25) is 19.3 Å². The number of carbonyl (C=O) groups is 3. The van der Waals surface area contributed by atoms with Gasteiger partial charge in [-0.05, 0) is 49.6 Å². The second kappa shape index (κ2) is 9.35.